The van der Waals surface area contributed by atoms with Crippen molar-refractivity contribution in [3.05, 3.63) is 0 Å². The molecular weight excluding hydrogens is 164 g/mol. The van der Waals surface area contributed by atoms with Gasteiger partial charge in [-0.1, -0.05) is 21.6 Å². The highest BCUT2D eigenvalue weighted by atomic mass is 33.1. The van der Waals surface area contributed by atoms with Crippen molar-refractivity contribution >= 4 is 45.1 Å². The van der Waals surface area contributed by atoms with E-state index < -0.39 is 0 Å². The van der Waals surface area contributed by atoms with Crippen molar-refractivity contribution < 1.29 is 0 Å². The van der Waals surface area contributed by atoms with Gasteiger partial charge in [-0.15, -0.1) is 23.5 Å². The molecule has 0 amide bonds. The Morgan fingerprint density at radius 2 is 1.29 bits per heavy atom. The summed E-state index contributed by atoms with van der Waals surface area (Å²) in [5.41, 5.74) is 0. The molecule has 1 rings (SSSR count). The van der Waals surface area contributed by atoms with Gasteiger partial charge in [-0.3, -0.25) is 0 Å². The molecule has 4 heteroatoms. The zero-order valence-corrected chi connectivity index (χ0v) is 7.02. The zero-order chi connectivity index (χ0) is 4.95. The largest absolute Gasteiger partial charge is 0.139 e. The minimum atomic E-state index is 1.28. The summed E-state index contributed by atoms with van der Waals surface area (Å²) in [6.07, 6.45) is 0. The highest BCUT2D eigenvalue weighted by Gasteiger charge is 1.96. The molecule has 1 aliphatic heterocycles. The summed E-state index contributed by atoms with van der Waals surface area (Å²) in [5.74, 6) is 0. The molecule has 0 spiro atoms. The molecule has 0 unspecified atom stereocenters. The second-order valence-corrected chi connectivity index (χ2v) is 6.53. The predicted molar refractivity (Wildman–Crippen MR) is 45.0 cm³/mol. The Balaban J connectivity index is 2.04. The van der Waals surface area contributed by atoms with Crippen LogP contribution in [0.1, 0.15) is 0 Å². The molecule has 1 saturated heterocycles. The molecule has 42 valence electrons. The zero-order valence-electron chi connectivity index (χ0n) is 3.75. The van der Waals surface area contributed by atoms with Crippen LogP contribution in [0.5, 0.6) is 0 Å². The molecule has 0 nitrogen and oxygen atoms in total. The Bertz CT molecular complexity index is 26.5. The van der Waals surface area contributed by atoms with E-state index in [0.717, 1.165) is 0 Å². The van der Waals surface area contributed by atoms with Crippen LogP contribution < -0.4 is 0 Å². The summed E-state index contributed by atoms with van der Waals surface area (Å²) in [4.78, 5) is 0. The van der Waals surface area contributed by atoms with E-state index in [-0.39, 0.29) is 0 Å². The summed E-state index contributed by atoms with van der Waals surface area (Å²) in [6, 6.07) is 0. The maximum absolute atomic E-state index is 2.02. The van der Waals surface area contributed by atoms with Crippen molar-refractivity contribution in [2.75, 3.05) is 15.3 Å². The lowest BCUT2D eigenvalue weighted by molar-refractivity contribution is 2.14. The topological polar surface area (TPSA) is 0 Å². The van der Waals surface area contributed by atoms with E-state index in [1.165, 1.54) is 15.3 Å². The van der Waals surface area contributed by atoms with Crippen molar-refractivity contribution in [1.82, 2.24) is 0 Å². The molecule has 0 aromatic rings. The van der Waals surface area contributed by atoms with Gasteiger partial charge in [-0.05, 0) is 0 Å². The highest BCUT2D eigenvalue weighted by molar-refractivity contribution is 8.80. The second-order valence-electron chi connectivity index (χ2n) is 0.998. The fraction of sp³-hybridized carbons (Fsp3) is 1.00. The minimum absolute atomic E-state index is 1.28. The van der Waals surface area contributed by atoms with Crippen LogP contribution in [-0.4, -0.2) is 15.3 Å². The standard InChI is InChI=1S/C3H6S4/c1-4-2-6-7-3-5-1/h1-3H2. The lowest BCUT2D eigenvalue weighted by atomic mass is 11.8. The third-order valence-electron chi connectivity index (χ3n) is 0.513. The van der Waals surface area contributed by atoms with Crippen molar-refractivity contribution in [2.24, 2.45) is 0 Å². The molecule has 7 heavy (non-hydrogen) atoms. The van der Waals surface area contributed by atoms with E-state index in [1.807, 2.05) is 45.1 Å². The Morgan fingerprint density at radius 3 is 1.86 bits per heavy atom. The predicted octanol–water partition coefficient (Wildman–Crippen LogP) is 2.72. The summed E-state index contributed by atoms with van der Waals surface area (Å²) in [6.45, 7) is 0. The van der Waals surface area contributed by atoms with Gasteiger partial charge in [0.2, 0.25) is 0 Å². The van der Waals surface area contributed by atoms with Crippen LogP contribution >= 0.6 is 45.1 Å². The van der Waals surface area contributed by atoms with Gasteiger partial charge in [0.05, 0.1) is 10.2 Å². The average Bonchev–Trinajstić information content (AvgIpc) is 1.90. The summed E-state index contributed by atoms with van der Waals surface area (Å²) in [7, 11) is 3.95. The maximum atomic E-state index is 2.02. The fourth-order valence-electron chi connectivity index (χ4n) is 0.263. The molecule has 0 bridgehead atoms. The van der Waals surface area contributed by atoms with Gasteiger partial charge in [0, 0.05) is 5.08 Å². The third kappa shape index (κ3) is 3.06. The maximum Gasteiger partial charge on any atom is 0.0504 e. The van der Waals surface area contributed by atoms with Crippen molar-refractivity contribution in [3.63, 3.8) is 0 Å². The van der Waals surface area contributed by atoms with E-state index >= 15 is 0 Å². The number of hydrogen-bond donors (Lipinski definition) is 0. The van der Waals surface area contributed by atoms with E-state index in [0.29, 0.717) is 0 Å². The molecule has 0 aromatic heterocycles. The van der Waals surface area contributed by atoms with Gasteiger partial charge in [-0.2, -0.15) is 0 Å². The van der Waals surface area contributed by atoms with Gasteiger partial charge in [0.1, 0.15) is 0 Å². The molecule has 0 radical (unpaired) electrons. The van der Waals surface area contributed by atoms with Crippen molar-refractivity contribution in [3.8, 4) is 0 Å². The van der Waals surface area contributed by atoms with Gasteiger partial charge >= 0.3 is 0 Å². The van der Waals surface area contributed by atoms with Crippen LogP contribution in [0.15, 0.2) is 0 Å². The number of thioether (sulfide) groups is 2. The van der Waals surface area contributed by atoms with E-state index in [9.17, 15) is 0 Å². The first-order valence-corrected chi connectivity index (χ1v) is 6.70. The molecule has 1 aliphatic rings. The SMILES string of the molecule is C1SCSSCS1. The Kier molecular flexibility index (Phi) is 4.00. The third-order valence-corrected chi connectivity index (χ3v) is 6.35. The lowest BCUT2D eigenvalue weighted by Gasteiger charge is -1.85. The lowest BCUT2D eigenvalue weighted by Crippen LogP contribution is -1.63. The molecule has 0 N–H and O–H groups in total. The molecule has 1 fully saturated rings. The van der Waals surface area contributed by atoms with Gasteiger partial charge in [0.15, 0.2) is 0 Å². The van der Waals surface area contributed by atoms with Crippen LogP contribution in [0.2, 0.25) is 0 Å². The highest BCUT2D eigenvalue weighted by Crippen LogP contribution is 2.35. The van der Waals surface area contributed by atoms with Crippen LogP contribution in [0.3, 0.4) is 0 Å². The second kappa shape index (κ2) is 4.30. The van der Waals surface area contributed by atoms with Crippen LogP contribution in [0, 0.1) is 0 Å². The van der Waals surface area contributed by atoms with E-state index in [4.69, 9.17) is 0 Å². The molecule has 0 atom stereocenters. The average molecular weight is 170 g/mol. The normalized spacial score (nSPS) is 24.0. The first-order valence-electron chi connectivity index (χ1n) is 1.90. The summed E-state index contributed by atoms with van der Waals surface area (Å²) in [5, 5.41) is 3.84. The van der Waals surface area contributed by atoms with Crippen LogP contribution in [-0.2, 0) is 0 Å². The van der Waals surface area contributed by atoms with Gasteiger partial charge in [-0.25, -0.2) is 0 Å². The molecular formula is C3H6S4. The van der Waals surface area contributed by atoms with Gasteiger partial charge < -0.3 is 0 Å². The quantitative estimate of drug-likeness (QED) is 0.512. The van der Waals surface area contributed by atoms with Crippen LogP contribution in [0.4, 0.5) is 0 Å². The molecule has 0 saturated carbocycles. The Labute approximate surface area is 60.4 Å². The molecule has 0 aliphatic carbocycles. The summed E-state index contributed by atoms with van der Waals surface area (Å²) < 4.78 is 0. The van der Waals surface area contributed by atoms with E-state index in [2.05, 4.69) is 0 Å². The van der Waals surface area contributed by atoms with Crippen molar-refractivity contribution in [1.29, 1.82) is 0 Å². The van der Waals surface area contributed by atoms with Crippen molar-refractivity contribution in [2.45, 2.75) is 0 Å². The van der Waals surface area contributed by atoms with Crippen LogP contribution in [0.25, 0.3) is 0 Å². The summed E-state index contributed by atoms with van der Waals surface area (Å²) >= 11 is 4.04. The Hall–Kier alpha value is 1.40. The molecule has 1 heterocycles. The fourth-order valence-corrected chi connectivity index (χ4v) is 6.04. The van der Waals surface area contributed by atoms with E-state index in [1.54, 1.807) is 0 Å². The van der Waals surface area contributed by atoms with Gasteiger partial charge in [0.25, 0.3) is 0 Å². The minimum Gasteiger partial charge on any atom is -0.139 e. The molecule has 0 aromatic carbocycles. The monoisotopic (exact) mass is 170 g/mol. The smallest absolute Gasteiger partial charge is 0.0504 e. The number of hydrogen-bond acceptors (Lipinski definition) is 4. The first-order chi connectivity index (χ1) is 3.50. The first kappa shape index (κ1) is 6.52. The Morgan fingerprint density at radius 1 is 0.714 bits per heavy atom. The number of rotatable bonds is 0.